The molecule has 0 spiro atoms. The lowest BCUT2D eigenvalue weighted by Crippen LogP contribution is -2.52. The van der Waals surface area contributed by atoms with Gasteiger partial charge in [-0.1, -0.05) is 19.1 Å². The number of morpholine rings is 1. The number of hydrogen-bond donors (Lipinski definition) is 0. The van der Waals surface area contributed by atoms with Gasteiger partial charge in [-0.2, -0.15) is 18.2 Å². The average molecular weight is 560 g/mol. The Bertz CT molecular complexity index is 1510. The first-order chi connectivity index (χ1) is 18.8. The van der Waals surface area contributed by atoms with Crippen LogP contribution in [-0.4, -0.2) is 93.9 Å². The minimum Gasteiger partial charge on any atom is -0.378 e. The lowest BCUT2D eigenvalue weighted by molar-refractivity contribution is -0.157. The van der Waals surface area contributed by atoms with Crippen LogP contribution in [0.2, 0.25) is 0 Å². The van der Waals surface area contributed by atoms with Crippen molar-refractivity contribution >= 4 is 44.3 Å². The Hall–Kier alpha value is -3.29. The number of hydrogen-bond acceptors (Lipinski definition) is 8. The molecular formula is C26H28F3N7O2S. The summed E-state index contributed by atoms with van der Waals surface area (Å²) in [6.45, 7) is 4.10. The number of ether oxygens (including phenoxy) is 1. The molecule has 0 saturated carbocycles. The molecule has 2 aliphatic rings. The minimum atomic E-state index is -4.32. The number of alkyl halides is 3. The maximum absolute atomic E-state index is 12.8. The number of aromatic nitrogens is 4. The number of carbonyl (C=O) groups is 1. The summed E-state index contributed by atoms with van der Waals surface area (Å²) < 4.78 is 46.9. The molecular weight excluding hydrogens is 531 g/mol. The number of aryl methyl sites for hydroxylation is 1. The molecule has 2 aliphatic heterocycles. The molecule has 0 radical (unpaired) electrons. The van der Waals surface area contributed by atoms with Gasteiger partial charge in [0.1, 0.15) is 5.82 Å². The van der Waals surface area contributed by atoms with Crippen molar-refractivity contribution in [1.82, 2.24) is 29.3 Å². The summed E-state index contributed by atoms with van der Waals surface area (Å²) in [5, 5.41) is 0. The second-order valence-electron chi connectivity index (χ2n) is 9.72. The zero-order valence-electron chi connectivity index (χ0n) is 21.4. The van der Waals surface area contributed by atoms with E-state index in [4.69, 9.17) is 19.7 Å². The van der Waals surface area contributed by atoms with Crippen LogP contribution in [0.3, 0.4) is 0 Å². The third-order valence-corrected chi connectivity index (χ3v) is 8.10. The number of halogens is 3. The molecule has 0 atom stereocenters. The van der Waals surface area contributed by atoms with Crippen LogP contribution in [0.1, 0.15) is 17.6 Å². The first kappa shape index (κ1) is 26.0. The van der Waals surface area contributed by atoms with Crippen LogP contribution in [0.25, 0.3) is 27.2 Å². The number of para-hydroxylation sites is 2. The second-order valence-corrected chi connectivity index (χ2v) is 10.9. The van der Waals surface area contributed by atoms with E-state index in [-0.39, 0.29) is 25.5 Å². The van der Waals surface area contributed by atoms with Gasteiger partial charge in [0.25, 0.3) is 0 Å². The van der Waals surface area contributed by atoms with Crippen molar-refractivity contribution in [3.05, 3.63) is 41.0 Å². The molecule has 0 aliphatic carbocycles. The van der Waals surface area contributed by atoms with E-state index >= 15 is 0 Å². The topological polar surface area (TPSA) is 79.6 Å². The van der Waals surface area contributed by atoms with Crippen LogP contribution >= 0.6 is 11.3 Å². The number of amides is 1. The van der Waals surface area contributed by atoms with Crippen LogP contribution in [0.5, 0.6) is 0 Å². The van der Waals surface area contributed by atoms with Crippen molar-refractivity contribution in [3.8, 4) is 5.95 Å². The number of imidazole rings is 1. The number of fused-ring (bicyclic) bond motifs is 2. The molecule has 6 rings (SSSR count). The molecule has 5 heterocycles. The third kappa shape index (κ3) is 5.30. The van der Waals surface area contributed by atoms with Gasteiger partial charge in [-0.25, -0.2) is 9.97 Å². The molecule has 1 amide bonds. The lowest BCUT2D eigenvalue weighted by Gasteiger charge is -2.34. The van der Waals surface area contributed by atoms with Gasteiger partial charge in [0.2, 0.25) is 11.9 Å². The fourth-order valence-electron chi connectivity index (χ4n) is 5.16. The largest absolute Gasteiger partial charge is 0.401 e. The zero-order chi connectivity index (χ0) is 27.1. The molecule has 13 heteroatoms. The van der Waals surface area contributed by atoms with E-state index in [1.807, 2.05) is 41.8 Å². The van der Waals surface area contributed by atoms with Crippen LogP contribution in [-0.2, 0) is 22.5 Å². The molecule has 2 fully saturated rings. The van der Waals surface area contributed by atoms with Crippen LogP contribution < -0.4 is 4.90 Å². The van der Waals surface area contributed by atoms with E-state index in [0.29, 0.717) is 45.2 Å². The maximum atomic E-state index is 12.8. The average Bonchev–Trinajstić information content (AvgIpc) is 3.50. The molecule has 1 aromatic carbocycles. The Labute approximate surface area is 226 Å². The molecule has 0 unspecified atom stereocenters. The molecule has 0 N–H and O–H groups in total. The minimum absolute atomic E-state index is 0.187. The van der Waals surface area contributed by atoms with Crippen molar-refractivity contribution in [2.45, 2.75) is 26.1 Å². The van der Waals surface area contributed by atoms with Gasteiger partial charge in [0.15, 0.2) is 5.82 Å². The van der Waals surface area contributed by atoms with E-state index in [0.717, 1.165) is 42.7 Å². The summed E-state index contributed by atoms with van der Waals surface area (Å²) in [5.74, 6) is 1.91. The molecule has 2 saturated heterocycles. The molecule has 206 valence electrons. The van der Waals surface area contributed by atoms with Crippen molar-refractivity contribution in [2.24, 2.45) is 0 Å². The monoisotopic (exact) mass is 559 g/mol. The zero-order valence-corrected chi connectivity index (χ0v) is 22.3. The van der Waals surface area contributed by atoms with Gasteiger partial charge in [-0.15, -0.1) is 11.3 Å². The molecule has 4 aromatic rings. The van der Waals surface area contributed by atoms with Crippen LogP contribution in [0, 0.1) is 0 Å². The van der Waals surface area contributed by atoms with Crippen LogP contribution in [0.15, 0.2) is 30.3 Å². The van der Waals surface area contributed by atoms with E-state index < -0.39 is 12.7 Å². The fraction of sp³-hybridized carbons (Fsp3) is 0.462. The predicted molar refractivity (Wildman–Crippen MR) is 142 cm³/mol. The number of benzene rings is 1. The Balaban J connectivity index is 1.36. The summed E-state index contributed by atoms with van der Waals surface area (Å²) in [5.41, 5.74) is 2.57. The molecule has 9 nitrogen and oxygen atoms in total. The van der Waals surface area contributed by atoms with Crippen LogP contribution in [0.4, 0.5) is 19.0 Å². The molecule has 39 heavy (non-hydrogen) atoms. The predicted octanol–water partition coefficient (Wildman–Crippen LogP) is 3.64. The van der Waals surface area contributed by atoms with Gasteiger partial charge in [-0.05, 0) is 18.2 Å². The normalized spacial score (nSPS) is 17.6. The van der Waals surface area contributed by atoms with Gasteiger partial charge < -0.3 is 14.5 Å². The van der Waals surface area contributed by atoms with E-state index in [2.05, 4.69) is 4.90 Å². The summed E-state index contributed by atoms with van der Waals surface area (Å²) in [6.07, 6.45) is -3.61. The highest BCUT2D eigenvalue weighted by atomic mass is 32.1. The third-order valence-electron chi connectivity index (χ3n) is 7.00. The van der Waals surface area contributed by atoms with Gasteiger partial charge in [0, 0.05) is 37.5 Å². The smallest absolute Gasteiger partial charge is 0.378 e. The van der Waals surface area contributed by atoms with Crippen molar-refractivity contribution in [3.63, 3.8) is 0 Å². The number of anilines is 1. The number of thiophene rings is 1. The number of rotatable bonds is 6. The lowest BCUT2D eigenvalue weighted by atomic mass is 10.2. The van der Waals surface area contributed by atoms with Gasteiger partial charge >= 0.3 is 6.18 Å². The highest BCUT2D eigenvalue weighted by molar-refractivity contribution is 7.19. The summed E-state index contributed by atoms with van der Waals surface area (Å²) in [7, 11) is 0. The van der Waals surface area contributed by atoms with Crippen molar-refractivity contribution < 1.29 is 22.7 Å². The second kappa shape index (κ2) is 10.4. The van der Waals surface area contributed by atoms with Gasteiger partial charge in [-0.3, -0.25) is 14.3 Å². The highest BCUT2D eigenvalue weighted by Crippen LogP contribution is 2.35. The van der Waals surface area contributed by atoms with Gasteiger partial charge in [0.05, 0.1) is 54.1 Å². The Morgan fingerprint density at radius 1 is 1.03 bits per heavy atom. The Morgan fingerprint density at radius 2 is 1.82 bits per heavy atom. The van der Waals surface area contributed by atoms with E-state index in [1.165, 1.54) is 11.3 Å². The summed E-state index contributed by atoms with van der Waals surface area (Å²) >= 11 is 1.52. The van der Waals surface area contributed by atoms with Crippen molar-refractivity contribution in [2.75, 3.05) is 57.4 Å². The summed E-state index contributed by atoms with van der Waals surface area (Å²) in [6, 6.07) is 9.87. The van der Waals surface area contributed by atoms with E-state index in [1.54, 1.807) is 4.90 Å². The SMILES string of the molecule is CCc1nc2ccccc2n1-c1nc(N2CCOCC2)c2sc(CN3CCN(CC(F)(F)F)CC3=O)cc2n1. The molecule has 3 aromatic heterocycles. The number of carbonyl (C=O) groups excluding carboxylic acids is 1. The number of piperazine rings is 1. The Kier molecular flexibility index (Phi) is 6.89. The number of nitrogens with zero attached hydrogens (tertiary/aromatic N) is 7. The fourth-order valence-corrected chi connectivity index (χ4v) is 6.29. The first-order valence-corrected chi connectivity index (χ1v) is 13.8. The summed E-state index contributed by atoms with van der Waals surface area (Å²) in [4.78, 5) is 33.3. The quantitative estimate of drug-likeness (QED) is 0.357. The maximum Gasteiger partial charge on any atom is 0.401 e. The highest BCUT2D eigenvalue weighted by Gasteiger charge is 2.34. The molecule has 0 bridgehead atoms. The van der Waals surface area contributed by atoms with E-state index in [9.17, 15) is 18.0 Å². The first-order valence-electron chi connectivity index (χ1n) is 13.0. The van der Waals surface area contributed by atoms with Crippen molar-refractivity contribution in [1.29, 1.82) is 0 Å². The standard InChI is InChI=1S/C26H28F3N7O2S/c1-2-21-30-18-5-3-4-6-20(18)36(21)25-31-19-13-17(39-23(19)24(32-25)34-9-11-38-12-10-34)14-35-8-7-33(15-22(35)37)16-26(27,28)29/h3-6,13H,2,7-12,14-16H2,1H3. The Morgan fingerprint density at radius 3 is 2.56 bits per heavy atom.